The van der Waals surface area contributed by atoms with Crippen LogP contribution in [-0.4, -0.2) is 81.3 Å². The maximum absolute atomic E-state index is 14.1. The summed E-state index contributed by atoms with van der Waals surface area (Å²) < 4.78 is 24.1. The van der Waals surface area contributed by atoms with Gasteiger partial charge < -0.3 is 18.9 Å². The van der Waals surface area contributed by atoms with Gasteiger partial charge in [-0.25, -0.2) is 4.98 Å². The normalized spacial score (nSPS) is 13.7. The molecule has 1 amide bonds. The summed E-state index contributed by atoms with van der Waals surface area (Å²) in [6, 6.07) is 9.71. The number of benzene rings is 2. The van der Waals surface area contributed by atoms with E-state index in [1.54, 1.807) is 28.8 Å². The first-order valence-corrected chi connectivity index (χ1v) is 14.7. The Kier molecular flexibility index (Phi) is 11.8. The van der Waals surface area contributed by atoms with Crippen molar-refractivity contribution in [2.24, 2.45) is 0 Å². The number of hydrogen-bond acceptors (Lipinski definition) is 9. The number of nitrogens with zero attached hydrogens (tertiary/aromatic N) is 3. The van der Waals surface area contributed by atoms with Crippen LogP contribution in [-0.2, 0) is 4.74 Å². The van der Waals surface area contributed by atoms with E-state index in [-0.39, 0.29) is 18.3 Å². The minimum absolute atomic E-state index is 0. The Labute approximate surface area is 239 Å². The molecule has 4 rings (SSSR count). The number of rotatable bonds is 12. The number of morpholine rings is 1. The van der Waals surface area contributed by atoms with E-state index in [0.29, 0.717) is 67.5 Å². The van der Waals surface area contributed by atoms with E-state index in [1.165, 1.54) is 16.2 Å². The van der Waals surface area contributed by atoms with E-state index in [2.05, 4.69) is 23.3 Å². The van der Waals surface area contributed by atoms with Gasteiger partial charge in [0.25, 0.3) is 5.91 Å². The molecule has 0 N–H and O–H groups in total. The minimum atomic E-state index is -0.151. The predicted molar refractivity (Wildman–Crippen MR) is 158 cm³/mol. The number of carbonyl (C=O) groups is 1. The molecule has 208 valence electrons. The Morgan fingerprint density at radius 1 is 1.05 bits per heavy atom. The van der Waals surface area contributed by atoms with Crippen molar-refractivity contribution in [2.75, 3.05) is 70.4 Å². The number of halogens is 1. The van der Waals surface area contributed by atoms with E-state index >= 15 is 0 Å². The summed E-state index contributed by atoms with van der Waals surface area (Å²) in [7, 11) is 0. The van der Waals surface area contributed by atoms with Gasteiger partial charge in [-0.2, -0.15) is 0 Å². The molecule has 0 bridgehead atoms. The average Bonchev–Trinajstić information content (AvgIpc) is 3.34. The number of anilines is 1. The summed E-state index contributed by atoms with van der Waals surface area (Å²) in [4.78, 5) is 24.2. The van der Waals surface area contributed by atoms with Crippen molar-refractivity contribution in [3.05, 3.63) is 35.9 Å². The van der Waals surface area contributed by atoms with Crippen molar-refractivity contribution in [3.63, 3.8) is 0 Å². The van der Waals surface area contributed by atoms with Crippen LogP contribution in [0.3, 0.4) is 0 Å². The van der Waals surface area contributed by atoms with Crippen LogP contribution in [0.25, 0.3) is 10.2 Å². The lowest BCUT2D eigenvalue weighted by molar-refractivity contribution is 0.0391. The molecule has 0 atom stereocenters. The smallest absolute Gasteiger partial charge is 0.260 e. The molecule has 0 unspecified atom stereocenters. The number of carbonyl (C=O) groups excluding carboxylic acids is 1. The number of thioether (sulfide) groups is 1. The lowest BCUT2D eigenvalue weighted by Crippen LogP contribution is -2.43. The Bertz CT molecular complexity index is 1180. The molecule has 2 heterocycles. The van der Waals surface area contributed by atoms with Crippen molar-refractivity contribution in [3.8, 4) is 17.2 Å². The standard InChI is InChI=1S/C27H35N3O5S2.ClH/c1-5-33-22-16-19(17-23(34-6-2)25(22)35-7-3)26(31)30(11-10-29-12-14-32-15-13-29)27-28-21-9-8-20(36-4)18-24(21)37-27;/h8-9,16-18H,5-7,10-15H2,1-4H3;1H. The Morgan fingerprint density at radius 3 is 2.32 bits per heavy atom. The lowest BCUT2D eigenvalue weighted by Gasteiger charge is -2.29. The lowest BCUT2D eigenvalue weighted by atomic mass is 10.1. The summed E-state index contributed by atoms with van der Waals surface area (Å²) in [6.07, 6.45) is 2.05. The van der Waals surface area contributed by atoms with Gasteiger partial charge in [0.2, 0.25) is 5.75 Å². The van der Waals surface area contributed by atoms with Crippen LogP contribution in [0.4, 0.5) is 5.13 Å². The van der Waals surface area contributed by atoms with Gasteiger partial charge in [-0.15, -0.1) is 24.2 Å². The molecule has 0 saturated carbocycles. The molecule has 2 aromatic carbocycles. The summed E-state index contributed by atoms with van der Waals surface area (Å²) in [5, 5.41) is 0.677. The highest BCUT2D eigenvalue weighted by Crippen LogP contribution is 2.40. The highest BCUT2D eigenvalue weighted by atomic mass is 35.5. The quantitative estimate of drug-likeness (QED) is 0.255. The second-order valence-electron chi connectivity index (χ2n) is 8.34. The van der Waals surface area contributed by atoms with Gasteiger partial charge in [0, 0.05) is 36.6 Å². The first kappa shape index (κ1) is 30.3. The summed E-state index contributed by atoms with van der Waals surface area (Å²) >= 11 is 3.23. The zero-order chi connectivity index (χ0) is 26.2. The van der Waals surface area contributed by atoms with Crippen LogP contribution in [0.1, 0.15) is 31.1 Å². The number of ether oxygens (including phenoxy) is 4. The highest BCUT2D eigenvalue weighted by Gasteiger charge is 2.26. The fraction of sp³-hybridized carbons (Fsp3) is 0.481. The second kappa shape index (κ2) is 14.8. The molecule has 3 aromatic rings. The molecule has 0 aliphatic carbocycles. The second-order valence-corrected chi connectivity index (χ2v) is 10.2. The van der Waals surface area contributed by atoms with E-state index in [1.807, 2.05) is 26.8 Å². The van der Waals surface area contributed by atoms with E-state index < -0.39 is 0 Å². The van der Waals surface area contributed by atoms with Crippen LogP contribution in [0, 0.1) is 0 Å². The maximum Gasteiger partial charge on any atom is 0.260 e. The van der Waals surface area contributed by atoms with Crippen LogP contribution in [0.2, 0.25) is 0 Å². The highest BCUT2D eigenvalue weighted by molar-refractivity contribution is 7.98. The van der Waals surface area contributed by atoms with Crippen molar-refractivity contribution in [1.82, 2.24) is 9.88 Å². The molecule has 38 heavy (non-hydrogen) atoms. The maximum atomic E-state index is 14.1. The molecule has 1 saturated heterocycles. The third-order valence-corrected chi connectivity index (χ3v) is 7.73. The zero-order valence-corrected chi connectivity index (χ0v) is 24.8. The van der Waals surface area contributed by atoms with Crippen molar-refractivity contribution >= 4 is 56.8 Å². The molecule has 8 nitrogen and oxygen atoms in total. The average molecular weight is 582 g/mol. The van der Waals surface area contributed by atoms with Gasteiger partial charge in [0.05, 0.1) is 43.3 Å². The molecular formula is C27H36ClN3O5S2. The topological polar surface area (TPSA) is 73.4 Å². The van der Waals surface area contributed by atoms with Crippen LogP contribution in [0.5, 0.6) is 17.2 Å². The molecule has 0 radical (unpaired) electrons. The summed E-state index contributed by atoms with van der Waals surface area (Å²) in [5.74, 6) is 1.37. The Hall–Kier alpha value is -2.24. The van der Waals surface area contributed by atoms with E-state index in [0.717, 1.165) is 29.9 Å². The van der Waals surface area contributed by atoms with Crippen molar-refractivity contribution in [1.29, 1.82) is 0 Å². The van der Waals surface area contributed by atoms with Gasteiger partial charge >= 0.3 is 0 Å². The molecule has 11 heteroatoms. The number of fused-ring (bicyclic) bond motifs is 1. The summed E-state index contributed by atoms with van der Waals surface area (Å²) in [5.41, 5.74) is 1.36. The van der Waals surface area contributed by atoms with Gasteiger partial charge in [-0.3, -0.25) is 14.6 Å². The number of aromatic nitrogens is 1. The van der Waals surface area contributed by atoms with Crippen molar-refractivity contribution < 1.29 is 23.7 Å². The largest absolute Gasteiger partial charge is 0.490 e. The predicted octanol–water partition coefficient (Wildman–Crippen LogP) is 5.62. The fourth-order valence-corrected chi connectivity index (χ4v) is 5.70. The Balaban J connectivity index is 0.00000400. The SMILES string of the molecule is CCOc1cc(C(=O)N(CCN2CCOCC2)c2nc3ccc(SC)cc3s2)cc(OCC)c1OCC.Cl. The van der Waals surface area contributed by atoms with Gasteiger partial charge in [-0.05, 0) is 57.4 Å². The molecule has 0 spiro atoms. The molecule has 1 fully saturated rings. The van der Waals surface area contributed by atoms with Gasteiger partial charge in [0.15, 0.2) is 16.6 Å². The van der Waals surface area contributed by atoms with Crippen LogP contribution in [0.15, 0.2) is 35.2 Å². The number of amides is 1. The van der Waals surface area contributed by atoms with Crippen molar-refractivity contribution in [2.45, 2.75) is 25.7 Å². The third kappa shape index (κ3) is 7.24. The van der Waals surface area contributed by atoms with Crippen LogP contribution >= 0.6 is 35.5 Å². The molecule has 1 aliphatic heterocycles. The Morgan fingerprint density at radius 2 is 1.71 bits per heavy atom. The molecular weight excluding hydrogens is 546 g/mol. The minimum Gasteiger partial charge on any atom is -0.490 e. The molecule has 1 aliphatic rings. The third-order valence-electron chi connectivity index (χ3n) is 5.96. The number of thiazole rings is 1. The first-order chi connectivity index (χ1) is 18.1. The summed E-state index contributed by atoms with van der Waals surface area (Å²) in [6.45, 7) is 11.4. The zero-order valence-electron chi connectivity index (χ0n) is 22.4. The first-order valence-electron chi connectivity index (χ1n) is 12.7. The van der Waals surface area contributed by atoms with E-state index in [4.69, 9.17) is 23.9 Å². The van der Waals surface area contributed by atoms with E-state index in [9.17, 15) is 4.79 Å². The molecule has 1 aromatic heterocycles. The van der Waals surface area contributed by atoms with Gasteiger partial charge in [0.1, 0.15) is 0 Å². The van der Waals surface area contributed by atoms with Crippen LogP contribution < -0.4 is 19.1 Å². The number of hydrogen-bond donors (Lipinski definition) is 0. The fourth-order valence-electron chi connectivity index (χ4n) is 4.15. The monoisotopic (exact) mass is 581 g/mol. The van der Waals surface area contributed by atoms with Gasteiger partial charge in [-0.1, -0.05) is 11.3 Å².